The van der Waals surface area contributed by atoms with Gasteiger partial charge < -0.3 is 10.6 Å². The van der Waals surface area contributed by atoms with Crippen LogP contribution in [0, 0.1) is 13.8 Å². The Morgan fingerprint density at radius 2 is 0.944 bits per heavy atom. The highest BCUT2D eigenvalue weighted by Gasteiger charge is 2.10. The van der Waals surface area contributed by atoms with Crippen LogP contribution in [0.2, 0.25) is 0 Å². The van der Waals surface area contributed by atoms with Crippen LogP contribution in [-0.4, -0.2) is 11.8 Å². The van der Waals surface area contributed by atoms with Crippen LogP contribution in [0.3, 0.4) is 0 Å². The van der Waals surface area contributed by atoms with Gasteiger partial charge >= 0.3 is 0 Å². The second-order valence-electron chi connectivity index (χ2n) is 9.13. The highest BCUT2D eigenvalue weighted by molar-refractivity contribution is 5.93. The summed E-state index contributed by atoms with van der Waals surface area (Å²) in [5.74, 6) is 0.0239. The van der Waals surface area contributed by atoms with E-state index >= 15 is 0 Å². The average molecular weight is 477 g/mol. The molecule has 0 saturated heterocycles. The first-order valence-electron chi connectivity index (χ1n) is 12.4. The van der Waals surface area contributed by atoms with Crippen LogP contribution in [0.5, 0.6) is 0 Å². The summed E-state index contributed by atoms with van der Waals surface area (Å²) in [7, 11) is 0. The molecule has 0 unspecified atom stereocenters. The van der Waals surface area contributed by atoms with Crippen molar-refractivity contribution in [2.24, 2.45) is 0 Å². The summed E-state index contributed by atoms with van der Waals surface area (Å²) in [6, 6.07) is 32.2. The van der Waals surface area contributed by atoms with Crippen LogP contribution in [0.15, 0.2) is 97.1 Å². The Kier molecular flexibility index (Phi) is 8.30. The molecule has 0 atom stereocenters. The zero-order valence-electron chi connectivity index (χ0n) is 20.9. The third kappa shape index (κ3) is 6.92. The highest BCUT2D eigenvalue weighted by Crippen LogP contribution is 2.28. The van der Waals surface area contributed by atoms with Gasteiger partial charge in [-0.05, 0) is 84.3 Å². The van der Waals surface area contributed by atoms with Crippen molar-refractivity contribution in [3.63, 3.8) is 0 Å². The predicted octanol–water partition coefficient (Wildman–Crippen LogP) is 7.11. The summed E-state index contributed by atoms with van der Waals surface area (Å²) < 4.78 is 0. The first kappa shape index (κ1) is 24.9. The monoisotopic (exact) mass is 476 g/mol. The molecule has 0 radical (unpaired) electrons. The summed E-state index contributed by atoms with van der Waals surface area (Å²) in [6.07, 6.45) is 2.34. The molecule has 4 nitrogen and oxygen atoms in total. The van der Waals surface area contributed by atoms with Crippen molar-refractivity contribution in [1.29, 1.82) is 0 Å². The Hall–Kier alpha value is -4.18. The quantitative estimate of drug-likeness (QED) is 0.270. The van der Waals surface area contributed by atoms with E-state index in [9.17, 15) is 9.59 Å². The maximum Gasteiger partial charge on any atom is 0.224 e. The van der Waals surface area contributed by atoms with E-state index < -0.39 is 0 Å². The lowest BCUT2D eigenvalue weighted by Crippen LogP contribution is -2.13. The summed E-state index contributed by atoms with van der Waals surface area (Å²) in [5.41, 5.74) is 8.14. The molecule has 4 aromatic carbocycles. The van der Waals surface area contributed by atoms with Gasteiger partial charge in [-0.1, -0.05) is 72.8 Å². The number of rotatable bonds is 9. The fourth-order valence-electron chi connectivity index (χ4n) is 4.20. The number of amides is 2. The molecule has 0 aromatic heterocycles. The van der Waals surface area contributed by atoms with E-state index in [0.717, 1.165) is 57.6 Å². The summed E-state index contributed by atoms with van der Waals surface area (Å²) in [4.78, 5) is 24.9. The van der Waals surface area contributed by atoms with E-state index in [1.807, 2.05) is 98.8 Å². The lowest BCUT2D eigenvalue weighted by atomic mass is 9.99. The number of anilines is 2. The first-order chi connectivity index (χ1) is 17.5. The second kappa shape index (κ2) is 12.0. The Morgan fingerprint density at radius 3 is 1.31 bits per heavy atom. The van der Waals surface area contributed by atoms with Crippen molar-refractivity contribution >= 4 is 23.2 Å². The molecule has 0 heterocycles. The summed E-state index contributed by atoms with van der Waals surface area (Å²) in [6.45, 7) is 4.01. The minimum atomic E-state index is 0.0120. The lowest BCUT2D eigenvalue weighted by Gasteiger charge is -2.13. The van der Waals surface area contributed by atoms with Gasteiger partial charge in [-0.15, -0.1) is 0 Å². The van der Waals surface area contributed by atoms with Gasteiger partial charge in [-0.2, -0.15) is 0 Å². The van der Waals surface area contributed by atoms with Gasteiger partial charge in [0.05, 0.1) is 0 Å². The van der Waals surface area contributed by atoms with Crippen molar-refractivity contribution < 1.29 is 9.59 Å². The molecule has 0 aliphatic carbocycles. The predicted molar refractivity (Wildman–Crippen MR) is 148 cm³/mol. The van der Waals surface area contributed by atoms with Crippen LogP contribution >= 0.6 is 0 Å². The number of aryl methyl sites for hydroxylation is 4. The highest BCUT2D eigenvalue weighted by atomic mass is 16.2. The van der Waals surface area contributed by atoms with E-state index in [0.29, 0.717) is 12.8 Å². The summed E-state index contributed by atoms with van der Waals surface area (Å²) in [5, 5.41) is 6.08. The minimum absolute atomic E-state index is 0.0120. The fraction of sp³-hybridized carbons (Fsp3) is 0.188. The number of hydrogen-bond acceptors (Lipinski definition) is 2. The van der Waals surface area contributed by atoms with Crippen LogP contribution < -0.4 is 10.6 Å². The molecule has 0 bridgehead atoms. The van der Waals surface area contributed by atoms with Crippen molar-refractivity contribution in [3.8, 4) is 11.1 Å². The van der Waals surface area contributed by atoms with Gasteiger partial charge in [0.15, 0.2) is 0 Å². The topological polar surface area (TPSA) is 58.2 Å². The van der Waals surface area contributed by atoms with Gasteiger partial charge in [0.25, 0.3) is 0 Å². The number of benzene rings is 4. The molecule has 0 saturated carbocycles. The van der Waals surface area contributed by atoms with Gasteiger partial charge in [-0.3, -0.25) is 9.59 Å². The normalized spacial score (nSPS) is 10.6. The molecule has 0 aliphatic heterocycles. The molecule has 36 heavy (non-hydrogen) atoms. The Morgan fingerprint density at radius 1 is 0.556 bits per heavy atom. The number of carbonyl (C=O) groups is 2. The molecule has 2 amide bonds. The number of hydrogen-bond donors (Lipinski definition) is 2. The lowest BCUT2D eigenvalue weighted by molar-refractivity contribution is -0.117. The minimum Gasteiger partial charge on any atom is -0.326 e. The largest absolute Gasteiger partial charge is 0.326 e. The Labute approximate surface area is 213 Å². The van der Waals surface area contributed by atoms with Crippen molar-refractivity contribution in [3.05, 3.63) is 119 Å². The average Bonchev–Trinajstić information content (AvgIpc) is 2.90. The van der Waals surface area contributed by atoms with Crippen molar-refractivity contribution in [2.75, 3.05) is 10.6 Å². The maximum absolute atomic E-state index is 12.4. The smallest absolute Gasteiger partial charge is 0.224 e. The second-order valence-corrected chi connectivity index (χ2v) is 9.13. The fourth-order valence-corrected chi connectivity index (χ4v) is 4.20. The van der Waals surface area contributed by atoms with Crippen LogP contribution in [0.25, 0.3) is 11.1 Å². The van der Waals surface area contributed by atoms with E-state index in [1.165, 1.54) is 0 Å². The molecular formula is C32H32N2O2. The van der Waals surface area contributed by atoms with Crippen LogP contribution in [0.1, 0.15) is 35.1 Å². The molecule has 0 fully saturated rings. The molecule has 182 valence electrons. The van der Waals surface area contributed by atoms with Crippen LogP contribution in [-0.2, 0) is 22.4 Å². The van der Waals surface area contributed by atoms with Crippen molar-refractivity contribution in [2.45, 2.75) is 39.5 Å². The maximum atomic E-state index is 12.4. The summed E-state index contributed by atoms with van der Waals surface area (Å²) >= 11 is 0. The third-order valence-corrected chi connectivity index (χ3v) is 6.30. The standard InChI is InChI=1S/C32H32N2O2/c1-23-21-27(15-17-29(23)33-31(35)19-13-25-9-5-3-6-10-25)28-16-18-30(24(2)22-28)34-32(36)20-14-26-11-7-4-8-12-26/h3-12,15-18,21-22H,13-14,19-20H2,1-2H3,(H,33,35)(H,34,36). The molecule has 0 aliphatic rings. The van der Waals surface area contributed by atoms with Gasteiger partial charge in [-0.25, -0.2) is 0 Å². The number of carbonyl (C=O) groups excluding carboxylic acids is 2. The molecule has 0 spiro atoms. The zero-order chi connectivity index (χ0) is 25.3. The molecule has 4 aromatic rings. The molecule has 4 heteroatoms. The van der Waals surface area contributed by atoms with E-state index in [2.05, 4.69) is 22.8 Å². The van der Waals surface area contributed by atoms with E-state index in [-0.39, 0.29) is 11.8 Å². The Bertz CT molecular complexity index is 1230. The van der Waals surface area contributed by atoms with Gasteiger partial charge in [0.1, 0.15) is 0 Å². The van der Waals surface area contributed by atoms with E-state index in [1.54, 1.807) is 0 Å². The first-order valence-corrected chi connectivity index (χ1v) is 12.4. The number of nitrogens with one attached hydrogen (secondary N) is 2. The molecular weight excluding hydrogens is 444 g/mol. The van der Waals surface area contributed by atoms with E-state index in [4.69, 9.17) is 0 Å². The van der Waals surface area contributed by atoms with Gasteiger partial charge in [0, 0.05) is 24.2 Å². The molecule has 2 N–H and O–H groups in total. The Balaban J connectivity index is 1.34. The zero-order valence-corrected chi connectivity index (χ0v) is 20.9. The van der Waals surface area contributed by atoms with Gasteiger partial charge in [0.2, 0.25) is 11.8 Å². The molecule has 4 rings (SSSR count). The SMILES string of the molecule is Cc1cc(-c2ccc(NC(=O)CCc3ccccc3)c(C)c2)ccc1NC(=O)CCc1ccccc1. The third-order valence-electron chi connectivity index (χ3n) is 6.30. The van der Waals surface area contributed by atoms with Crippen LogP contribution in [0.4, 0.5) is 11.4 Å². The van der Waals surface area contributed by atoms with Crippen molar-refractivity contribution in [1.82, 2.24) is 0 Å².